The molecule has 2 N–H and O–H groups in total. The van der Waals surface area contributed by atoms with E-state index in [0.717, 1.165) is 27.9 Å². The Balaban J connectivity index is 2.04. The van der Waals surface area contributed by atoms with Gasteiger partial charge in [0.05, 0.1) is 0 Å². The number of benzene rings is 1. The number of carbonyl (C=O) groups is 1. The number of carbonyl (C=O) groups excluding carboxylic acids is 1. The maximum absolute atomic E-state index is 11.3. The second kappa shape index (κ2) is 4.14. The van der Waals surface area contributed by atoms with Crippen molar-refractivity contribution >= 4 is 11.7 Å². The van der Waals surface area contributed by atoms with Gasteiger partial charge in [0.2, 0.25) is 0 Å². The first-order valence-electron chi connectivity index (χ1n) is 5.82. The summed E-state index contributed by atoms with van der Waals surface area (Å²) in [6.07, 6.45) is 3.66. The van der Waals surface area contributed by atoms with Crippen LogP contribution in [0.2, 0.25) is 0 Å². The summed E-state index contributed by atoms with van der Waals surface area (Å²) < 4.78 is 0. The number of amides is 2. The minimum atomic E-state index is -0.151. The SMILES string of the molecule is Cc1cncc(-c2ccc3c(c2)NC(=O)NC3)c1. The quantitative estimate of drug-likeness (QED) is 0.803. The molecule has 0 aliphatic carbocycles. The van der Waals surface area contributed by atoms with Crippen LogP contribution in [0.15, 0.2) is 36.7 Å². The summed E-state index contributed by atoms with van der Waals surface area (Å²) in [5, 5.41) is 5.56. The van der Waals surface area contributed by atoms with Crippen molar-refractivity contribution in [2.24, 2.45) is 0 Å². The number of fused-ring (bicyclic) bond motifs is 1. The number of nitrogens with one attached hydrogen (secondary N) is 2. The topological polar surface area (TPSA) is 54.0 Å². The Morgan fingerprint density at radius 1 is 1.17 bits per heavy atom. The zero-order chi connectivity index (χ0) is 12.5. The van der Waals surface area contributed by atoms with Crippen molar-refractivity contribution in [3.05, 3.63) is 47.8 Å². The normalized spacial score (nSPS) is 13.5. The molecule has 1 aromatic carbocycles. The molecular formula is C14H13N3O. The van der Waals surface area contributed by atoms with Gasteiger partial charge >= 0.3 is 6.03 Å². The lowest BCUT2D eigenvalue weighted by molar-refractivity contribution is 0.251. The Labute approximate surface area is 105 Å². The van der Waals surface area contributed by atoms with Crippen LogP contribution in [0.5, 0.6) is 0 Å². The molecule has 2 heterocycles. The maximum Gasteiger partial charge on any atom is 0.319 e. The number of anilines is 1. The summed E-state index contributed by atoms with van der Waals surface area (Å²) in [5.41, 5.74) is 5.21. The molecule has 0 spiro atoms. The highest BCUT2D eigenvalue weighted by Gasteiger charge is 2.14. The summed E-state index contributed by atoms with van der Waals surface area (Å²) in [6.45, 7) is 2.59. The molecule has 0 fully saturated rings. The van der Waals surface area contributed by atoms with E-state index < -0.39 is 0 Å². The van der Waals surface area contributed by atoms with E-state index in [9.17, 15) is 4.79 Å². The van der Waals surface area contributed by atoms with Crippen molar-refractivity contribution in [2.75, 3.05) is 5.32 Å². The van der Waals surface area contributed by atoms with Gasteiger partial charge in [0.15, 0.2) is 0 Å². The van der Waals surface area contributed by atoms with Crippen LogP contribution < -0.4 is 10.6 Å². The van der Waals surface area contributed by atoms with Crippen molar-refractivity contribution in [3.63, 3.8) is 0 Å². The lowest BCUT2D eigenvalue weighted by Crippen LogP contribution is -2.33. The van der Waals surface area contributed by atoms with Crippen molar-refractivity contribution in [3.8, 4) is 11.1 Å². The number of hydrogen-bond acceptors (Lipinski definition) is 2. The first kappa shape index (κ1) is 10.8. The summed E-state index contributed by atoms with van der Waals surface area (Å²) in [5.74, 6) is 0. The van der Waals surface area contributed by atoms with Gasteiger partial charge in [-0.25, -0.2) is 4.79 Å². The first-order chi connectivity index (χ1) is 8.72. The first-order valence-corrected chi connectivity index (χ1v) is 5.82. The third kappa shape index (κ3) is 1.93. The molecule has 4 heteroatoms. The molecule has 0 unspecified atom stereocenters. The van der Waals surface area contributed by atoms with Crippen LogP contribution in [0.25, 0.3) is 11.1 Å². The van der Waals surface area contributed by atoms with Crippen molar-refractivity contribution in [1.29, 1.82) is 0 Å². The van der Waals surface area contributed by atoms with Crippen LogP contribution in [0.4, 0.5) is 10.5 Å². The van der Waals surface area contributed by atoms with Gasteiger partial charge in [-0.15, -0.1) is 0 Å². The fraction of sp³-hybridized carbons (Fsp3) is 0.143. The van der Waals surface area contributed by atoms with E-state index in [2.05, 4.69) is 27.8 Å². The van der Waals surface area contributed by atoms with Crippen molar-refractivity contribution in [1.82, 2.24) is 10.3 Å². The van der Waals surface area contributed by atoms with Gasteiger partial charge in [0.1, 0.15) is 0 Å². The van der Waals surface area contributed by atoms with Crippen molar-refractivity contribution in [2.45, 2.75) is 13.5 Å². The third-order valence-electron chi connectivity index (χ3n) is 3.01. The minimum Gasteiger partial charge on any atom is -0.334 e. The van der Waals surface area contributed by atoms with Crippen LogP contribution in [-0.4, -0.2) is 11.0 Å². The number of urea groups is 1. The summed E-state index contributed by atoms with van der Waals surface area (Å²) in [7, 11) is 0. The van der Waals surface area contributed by atoms with Crippen LogP contribution >= 0.6 is 0 Å². The number of pyridine rings is 1. The molecule has 0 atom stereocenters. The highest BCUT2D eigenvalue weighted by Crippen LogP contribution is 2.27. The van der Waals surface area contributed by atoms with Gasteiger partial charge in [-0.1, -0.05) is 12.1 Å². The Bertz CT molecular complexity index is 622. The number of rotatable bonds is 1. The smallest absolute Gasteiger partial charge is 0.319 e. The largest absolute Gasteiger partial charge is 0.334 e. The Kier molecular flexibility index (Phi) is 2.48. The van der Waals surface area contributed by atoms with Crippen LogP contribution in [0.1, 0.15) is 11.1 Å². The second-order valence-electron chi connectivity index (χ2n) is 4.43. The fourth-order valence-corrected chi connectivity index (χ4v) is 2.08. The number of aromatic nitrogens is 1. The van der Waals surface area contributed by atoms with Gasteiger partial charge in [-0.3, -0.25) is 4.98 Å². The Hall–Kier alpha value is -2.36. The molecule has 0 saturated carbocycles. The highest BCUT2D eigenvalue weighted by molar-refractivity contribution is 5.93. The van der Waals surface area contributed by atoms with Crippen LogP contribution in [0, 0.1) is 6.92 Å². The molecule has 0 saturated heterocycles. The predicted octanol–water partition coefficient (Wildman–Crippen LogP) is 2.69. The molecule has 3 rings (SSSR count). The van der Waals surface area contributed by atoms with Gasteiger partial charge in [-0.05, 0) is 35.7 Å². The number of hydrogen-bond donors (Lipinski definition) is 2. The molecule has 4 nitrogen and oxygen atoms in total. The lowest BCUT2D eigenvalue weighted by Gasteiger charge is -2.19. The van der Waals surface area contributed by atoms with E-state index in [1.54, 1.807) is 0 Å². The molecule has 1 aliphatic heterocycles. The third-order valence-corrected chi connectivity index (χ3v) is 3.01. The number of aryl methyl sites for hydroxylation is 1. The van der Waals surface area contributed by atoms with E-state index >= 15 is 0 Å². The van der Waals surface area contributed by atoms with E-state index in [1.165, 1.54) is 0 Å². The van der Waals surface area contributed by atoms with E-state index in [1.807, 2.05) is 31.5 Å². The maximum atomic E-state index is 11.3. The summed E-state index contributed by atoms with van der Waals surface area (Å²) >= 11 is 0. The monoisotopic (exact) mass is 239 g/mol. The Morgan fingerprint density at radius 2 is 2.06 bits per heavy atom. The molecule has 2 aromatic rings. The fourth-order valence-electron chi connectivity index (χ4n) is 2.08. The summed E-state index contributed by atoms with van der Waals surface area (Å²) in [6, 6.07) is 8.00. The average molecular weight is 239 g/mol. The molecule has 90 valence electrons. The van der Waals surface area contributed by atoms with E-state index in [0.29, 0.717) is 6.54 Å². The molecule has 18 heavy (non-hydrogen) atoms. The molecule has 2 amide bonds. The second-order valence-corrected chi connectivity index (χ2v) is 4.43. The average Bonchev–Trinajstić information content (AvgIpc) is 2.38. The Morgan fingerprint density at radius 3 is 2.89 bits per heavy atom. The van der Waals surface area contributed by atoms with Gasteiger partial charge in [0.25, 0.3) is 0 Å². The zero-order valence-electron chi connectivity index (χ0n) is 10.0. The van der Waals surface area contributed by atoms with Gasteiger partial charge in [-0.2, -0.15) is 0 Å². The zero-order valence-corrected chi connectivity index (χ0v) is 10.0. The van der Waals surface area contributed by atoms with Crippen LogP contribution in [0.3, 0.4) is 0 Å². The van der Waals surface area contributed by atoms with Crippen molar-refractivity contribution < 1.29 is 4.79 Å². The van der Waals surface area contributed by atoms with Crippen LogP contribution in [-0.2, 0) is 6.54 Å². The highest BCUT2D eigenvalue weighted by atomic mass is 16.2. The molecular weight excluding hydrogens is 226 g/mol. The molecule has 0 radical (unpaired) electrons. The predicted molar refractivity (Wildman–Crippen MR) is 70.3 cm³/mol. The molecule has 1 aromatic heterocycles. The van der Waals surface area contributed by atoms with E-state index in [-0.39, 0.29) is 6.03 Å². The summed E-state index contributed by atoms with van der Waals surface area (Å²) in [4.78, 5) is 15.5. The van der Waals surface area contributed by atoms with Gasteiger partial charge in [0, 0.05) is 30.2 Å². The standard InChI is InChI=1S/C14H13N3O/c1-9-4-12(7-15-6-9)10-2-3-11-8-16-14(18)17-13(11)5-10/h2-7H,8H2,1H3,(H2,16,17,18). The van der Waals surface area contributed by atoms with Gasteiger partial charge < -0.3 is 10.6 Å². The molecule has 1 aliphatic rings. The molecule has 0 bridgehead atoms. The number of nitrogens with zero attached hydrogens (tertiary/aromatic N) is 1. The minimum absolute atomic E-state index is 0.151. The lowest BCUT2D eigenvalue weighted by atomic mass is 10.0. The van der Waals surface area contributed by atoms with E-state index in [4.69, 9.17) is 0 Å².